The Hall–Kier alpha value is -2.37. The third-order valence-corrected chi connectivity index (χ3v) is 3.50. The highest BCUT2D eigenvalue weighted by Gasteiger charge is 2.10. The van der Waals surface area contributed by atoms with Crippen molar-refractivity contribution >= 4 is 11.6 Å². The zero-order valence-corrected chi connectivity index (χ0v) is 13.9. The number of carbonyl (C=O) groups excluding carboxylic acids is 1. The number of ether oxygens (including phenoxy) is 2. The number of nitrogens with one attached hydrogen (secondary N) is 1. The van der Waals surface area contributed by atoms with Gasteiger partial charge in [-0.15, -0.1) is 0 Å². The summed E-state index contributed by atoms with van der Waals surface area (Å²) in [5.41, 5.74) is 7.25. The molecular formula is C19H24N2O3. The van der Waals surface area contributed by atoms with E-state index in [4.69, 9.17) is 15.2 Å². The lowest BCUT2D eigenvalue weighted by Crippen LogP contribution is -2.26. The van der Waals surface area contributed by atoms with E-state index in [1.807, 2.05) is 54.6 Å². The lowest BCUT2D eigenvalue weighted by Gasteiger charge is -2.11. The largest absolute Gasteiger partial charge is 0.491 e. The molecule has 0 aromatic heterocycles. The second-order valence-electron chi connectivity index (χ2n) is 5.54. The van der Waals surface area contributed by atoms with Crippen LogP contribution < -0.4 is 15.8 Å². The summed E-state index contributed by atoms with van der Waals surface area (Å²) in [4.78, 5) is 11.8. The SMILES string of the molecule is CC(CN)C(=O)Nc1cccc(COCCOc2ccccc2)c1. The van der Waals surface area contributed by atoms with Gasteiger partial charge in [0.05, 0.1) is 13.2 Å². The number of amides is 1. The van der Waals surface area contributed by atoms with Crippen LogP contribution in [0.15, 0.2) is 54.6 Å². The molecule has 2 aromatic carbocycles. The molecule has 1 amide bonds. The fraction of sp³-hybridized carbons (Fsp3) is 0.316. The standard InChI is InChI=1S/C19H24N2O3/c1-15(13-20)19(22)21-17-7-5-6-16(12-17)14-23-10-11-24-18-8-3-2-4-9-18/h2-9,12,15H,10-11,13-14,20H2,1H3,(H,21,22). The van der Waals surface area contributed by atoms with Crippen molar-refractivity contribution in [1.82, 2.24) is 0 Å². The van der Waals surface area contributed by atoms with Gasteiger partial charge in [0, 0.05) is 18.2 Å². The number of anilines is 1. The van der Waals surface area contributed by atoms with Crippen LogP contribution >= 0.6 is 0 Å². The molecule has 2 rings (SSSR count). The van der Waals surface area contributed by atoms with Crippen molar-refractivity contribution in [3.63, 3.8) is 0 Å². The normalized spacial score (nSPS) is 11.8. The van der Waals surface area contributed by atoms with Crippen LogP contribution in [0.25, 0.3) is 0 Å². The number of benzene rings is 2. The van der Waals surface area contributed by atoms with Crippen molar-refractivity contribution in [2.45, 2.75) is 13.5 Å². The molecule has 0 saturated heterocycles. The van der Waals surface area contributed by atoms with Gasteiger partial charge in [-0.1, -0.05) is 37.3 Å². The number of hydrogen-bond donors (Lipinski definition) is 2. The molecule has 0 radical (unpaired) electrons. The number of nitrogens with two attached hydrogens (primary N) is 1. The topological polar surface area (TPSA) is 73.6 Å². The van der Waals surface area contributed by atoms with E-state index in [-0.39, 0.29) is 11.8 Å². The van der Waals surface area contributed by atoms with E-state index in [2.05, 4.69) is 5.32 Å². The minimum absolute atomic E-state index is 0.0770. The highest BCUT2D eigenvalue weighted by molar-refractivity contribution is 5.92. The van der Waals surface area contributed by atoms with Crippen molar-refractivity contribution in [3.8, 4) is 5.75 Å². The highest BCUT2D eigenvalue weighted by Crippen LogP contribution is 2.13. The van der Waals surface area contributed by atoms with Gasteiger partial charge in [0.1, 0.15) is 12.4 Å². The quantitative estimate of drug-likeness (QED) is 0.694. The van der Waals surface area contributed by atoms with Gasteiger partial charge >= 0.3 is 0 Å². The van der Waals surface area contributed by atoms with Gasteiger partial charge in [-0.2, -0.15) is 0 Å². The minimum atomic E-state index is -0.208. The molecule has 24 heavy (non-hydrogen) atoms. The minimum Gasteiger partial charge on any atom is -0.491 e. The smallest absolute Gasteiger partial charge is 0.228 e. The summed E-state index contributed by atoms with van der Waals surface area (Å²) >= 11 is 0. The third-order valence-electron chi connectivity index (χ3n) is 3.50. The van der Waals surface area contributed by atoms with Crippen molar-refractivity contribution in [2.24, 2.45) is 11.7 Å². The Balaban J connectivity index is 1.73. The highest BCUT2D eigenvalue weighted by atomic mass is 16.5. The van der Waals surface area contributed by atoms with Crippen LogP contribution in [-0.2, 0) is 16.1 Å². The molecule has 0 heterocycles. The van der Waals surface area contributed by atoms with Gasteiger partial charge in [0.15, 0.2) is 0 Å². The van der Waals surface area contributed by atoms with E-state index in [1.165, 1.54) is 0 Å². The monoisotopic (exact) mass is 328 g/mol. The molecule has 2 aromatic rings. The third kappa shape index (κ3) is 6.02. The maximum Gasteiger partial charge on any atom is 0.228 e. The number of hydrogen-bond acceptors (Lipinski definition) is 4. The summed E-state index contributed by atoms with van der Waals surface area (Å²) in [5.74, 6) is 0.548. The fourth-order valence-corrected chi connectivity index (χ4v) is 2.04. The summed E-state index contributed by atoms with van der Waals surface area (Å²) in [6.07, 6.45) is 0. The van der Waals surface area contributed by atoms with Gasteiger partial charge < -0.3 is 20.5 Å². The number of para-hydroxylation sites is 1. The molecule has 0 saturated carbocycles. The first-order chi connectivity index (χ1) is 11.7. The van der Waals surface area contributed by atoms with Gasteiger partial charge in [-0.3, -0.25) is 4.79 Å². The van der Waals surface area contributed by atoms with Crippen LogP contribution in [0.5, 0.6) is 5.75 Å². The molecule has 0 spiro atoms. The second kappa shape index (κ2) is 9.70. The van der Waals surface area contributed by atoms with Gasteiger partial charge in [0.2, 0.25) is 5.91 Å². The van der Waals surface area contributed by atoms with Crippen LogP contribution in [0.3, 0.4) is 0 Å². The molecule has 0 aliphatic carbocycles. The van der Waals surface area contributed by atoms with Gasteiger partial charge in [-0.05, 0) is 29.8 Å². The first-order valence-electron chi connectivity index (χ1n) is 8.04. The lowest BCUT2D eigenvalue weighted by atomic mass is 10.1. The van der Waals surface area contributed by atoms with Crippen molar-refractivity contribution < 1.29 is 14.3 Å². The van der Waals surface area contributed by atoms with E-state index in [0.717, 1.165) is 17.0 Å². The maximum absolute atomic E-state index is 11.8. The van der Waals surface area contributed by atoms with Crippen LogP contribution in [-0.4, -0.2) is 25.7 Å². The molecule has 0 aliphatic rings. The second-order valence-corrected chi connectivity index (χ2v) is 5.54. The Labute approximate surface area is 142 Å². The van der Waals surface area contributed by atoms with E-state index < -0.39 is 0 Å². The van der Waals surface area contributed by atoms with Crippen LogP contribution in [0, 0.1) is 5.92 Å². The van der Waals surface area contributed by atoms with E-state index in [9.17, 15) is 4.79 Å². The molecule has 5 heteroatoms. The van der Waals surface area contributed by atoms with Crippen molar-refractivity contribution in [3.05, 3.63) is 60.2 Å². The first kappa shape index (κ1) is 18.0. The molecule has 0 bridgehead atoms. The molecule has 3 N–H and O–H groups in total. The van der Waals surface area contributed by atoms with Crippen LogP contribution in [0.1, 0.15) is 12.5 Å². The van der Waals surface area contributed by atoms with E-state index >= 15 is 0 Å². The Morgan fingerprint density at radius 1 is 1.12 bits per heavy atom. The Kier molecular flexibility index (Phi) is 7.26. The number of rotatable bonds is 9. The average molecular weight is 328 g/mol. The predicted octanol–water partition coefficient (Wildman–Crippen LogP) is 2.82. The summed E-state index contributed by atoms with van der Waals surface area (Å²) in [7, 11) is 0. The summed E-state index contributed by atoms with van der Waals surface area (Å²) < 4.78 is 11.2. The lowest BCUT2D eigenvalue weighted by molar-refractivity contribution is -0.119. The predicted molar refractivity (Wildman–Crippen MR) is 94.9 cm³/mol. The molecular weight excluding hydrogens is 304 g/mol. The number of carbonyl (C=O) groups is 1. The fourth-order valence-electron chi connectivity index (χ4n) is 2.04. The molecule has 1 atom stereocenters. The molecule has 128 valence electrons. The van der Waals surface area contributed by atoms with E-state index in [0.29, 0.717) is 26.4 Å². The molecule has 5 nitrogen and oxygen atoms in total. The zero-order valence-electron chi connectivity index (χ0n) is 13.9. The maximum atomic E-state index is 11.8. The van der Waals surface area contributed by atoms with E-state index in [1.54, 1.807) is 6.92 Å². The van der Waals surface area contributed by atoms with Crippen molar-refractivity contribution in [1.29, 1.82) is 0 Å². The van der Waals surface area contributed by atoms with Gasteiger partial charge in [0.25, 0.3) is 0 Å². The van der Waals surface area contributed by atoms with Gasteiger partial charge in [-0.25, -0.2) is 0 Å². The summed E-state index contributed by atoms with van der Waals surface area (Å²) in [6, 6.07) is 17.2. The van der Waals surface area contributed by atoms with Crippen LogP contribution in [0.2, 0.25) is 0 Å². The summed E-state index contributed by atoms with van der Waals surface area (Å²) in [6.45, 7) is 3.59. The summed E-state index contributed by atoms with van der Waals surface area (Å²) in [5, 5.41) is 2.86. The van der Waals surface area contributed by atoms with Crippen molar-refractivity contribution in [2.75, 3.05) is 25.1 Å². The molecule has 0 aliphatic heterocycles. The molecule has 1 unspecified atom stereocenters. The zero-order chi connectivity index (χ0) is 17.2. The first-order valence-corrected chi connectivity index (χ1v) is 8.04. The Bertz CT molecular complexity index is 632. The Morgan fingerprint density at radius 3 is 2.67 bits per heavy atom. The molecule has 0 fully saturated rings. The average Bonchev–Trinajstić information content (AvgIpc) is 2.62. The van der Waals surface area contributed by atoms with Crippen LogP contribution in [0.4, 0.5) is 5.69 Å². The Morgan fingerprint density at radius 2 is 1.92 bits per heavy atom.